The van der Waals surface area contributed by atoms with Crippen molar-refractivity contribution in [2.45, 2.75) is 26.4 Å². The Morgan fingerprint density at radius 1 is 1.29 bits per heavy atom. The third-order valence-electron chi connectivity index (χ3n) is 4.18. The van der Waals surface area contributed by atoms with Gasteiger partial charge in [-0.25, -0.2) is 9.78 Å². The van der Waals surface area contributed by atoms with Crippen LogP contribution in [0, 0.1) is 13.8 Å². The molecular formula is C18H20BrN3O2. The maximum atomic E-state index is 12.4. The molecule has 1 aromatic carbocycles. The Balaban J connectivity index is 1.55. The molecule has 1 aliphatic rings. The third kappa shape index (κ3) is 4.06. The van der Waals surface area contributed by atoms with Gasteiger partial charge in [0.1, 0.15) is 6.10 Å². The number of urea groups is 1. The zero-order valence-corrected chi connectivity index (χ0v) is 15.3. The van der Waals surface area contributed by atoms with Crippen LogP contribution in [0.1, 0.15) is 17.5 Å². The summed E-state index contributed by atoms with van der Waals surface area (Å²) >= 11 is 3.35. The van der Waals surface area contributed by atoms with E-state index in [1.807, 2.05) is 37.3 Å². The standard InChI is InChI=1S/C18H20BrN3O2/c1-12-3-5-15(9-13(12)2)21-18(23)22-8-7-16(11-22)24-17-6-4-14(19)10-20-17/h3-6,9-10,16H,7-8,11H2,1-2H3,(H,21,23)/t16-/m1/s1. The molecule has 1 atom stereocenters. The summed E-state index contributed by atoms with van der Waals surface area (Å²) in [7, 11) is 0. The number of ether oxygens (including phenoxy) is 1. The molecular weight excluding hydrogens is 370 g/mol. The van der Waals surface area contributed by atoms with E-state index in [0.717, 1.165) is 22.1 Å². The first-order valence-corrected chi connectivity index (χ1v) is 8.72. The zero-order valence-electron chi connectivity index (χ0n) is 13.8. The average molecular weight is 390 g/mol. The highest BCUT2D eigenvalue weighted by atomic mass is 79.9. The van der Waals surface area contributed by atoms with Crippen LogP contribution in [0.15, 0.2) is 41.0 Å². The van der Waals surface area contributed by atoms with Gasteiger partial charge in [0, 0.05) is 35.4 Å². The Morgan fingerprint density at radius 3 is 2.83 bits per heavy atom. The molecule has 2 amide bonds. The van der Waals surface area contributed by atoms with Crippen molar-refractivity contribution in [1.82, 2.24) is 9.88 Å². The molecule has 0 radical (unpaired) electrons. The number of nitrogens with zero attached hydrogens (tertiary/aromatic N) is 2. The van der Waals surface area contributed by atoms with Crippen LogP contribution in [0.2, 0.25) is 0 Å². The van der Waals surface area contributed by atoms with Gasteiger partial charge in [0.15, 0.2) is 0 Å². The number of pyridine rings is 1. The summed E-state index contributed by atoms with van der Waals surface area (Å²) in [5.74, 6) is 0.583. The van der Waals surface area contributed by atoms with Crippen LogP contribution in [0.25, 0.3) is 0 Å². The van der Waals surface area contributed by atoms with Gasteiger partial charge < -0.3 is 15.0 Å². The summed E-state index contributed by atoms with van der Waals surface area (Å²) in [6.45, 7) is 5.34. The number of amides is 2. The maximum absolute atomic E-state index is 12.4. The van der Waals surface area contributed by atoms with Crippen molar-refractivity contribution >= 4 is 27.6 Å². The van der Waals surface area contributed by atoms with Gasteiger partial charge in [-0.15, -0.1) is 0 Å². The van der Waals surface area contributed by atoms with Gasteiger partial charge in [-0.05, 0) is 59.1 Å². The number of carbonyl (C=O) groups excluding carboxylic acids is 1. The molecule has 5 nitrogen and oxygen atoms in total. The number of anilines is 1. The quantitative estimate of drug-likeness (QED) is 0.857. The van der Waals surface area contributed by atoms with Crippen LogP contribution in [0.3, 0.4) is 0 Å². The Bertz CT molecular complexity index is 734. The predicted octanol–water partition coefficient (Wildman–Crippen LogP) is 4.15. The van der Waals surface area contributed by atoms with Gasteiger partial charge in [-0.1, -0.05) is 6.07 Å². The minimum absolute atomic E-state index is 0.0239. The molecule has 1 aliphatic heterocycles. The number of aromatic nitrogens is 1. The number of carbonyl (C=O) groups is 1. The monoisotopic (exact) mass is 389 g/mol. The first-order chi connectivity index (χ1) is 11.5. The molecule has 1 fully saturated rings. The number of aryl methyl sites for hydroxylation is 2. The van der Waals surface area contributed by atoms with Crippen LogP contribution in [-0.4, -0.2) is 35.1 Å². The van der Waals surface area contributed by atoms with Crippen LogP contribution in [-0.2, 0) is 0 Å². The second-order valence-corrected chi connectivity index (χ2v) is 6.93. The second-order valence-electron chi connectivity index (χ2n) is 6.02. The molecule has 0 aliphatic carbocycles. The van der Waals surface area contributed by atoms with E-state index in [4.69, 9.17) is 4.74 Å². The molecule has 24 heavy (non-hydrogen) atoms. The van der Waals surface area contributed by atoms with Gasteiger partial charge in [0.05, 0.1) is 6.54 Å². The van der Waals surface area contributed by atoms with Crippen molar-refractivity contribution < 1.29 is 9.53 Å². The van der Waals surface area contributed by atoms with Crippen molar-refractivity contribution in [2.24, 2.45) is 0 Å². The first kappa shape index (κ1) is 16.8. The van der Waals surface area contributed by atoms with E-state index in [2.05, 4.69) is 33.2 Å². The van der Waals surface area contributed by atoms with E-state index in [1.54, 1.807) is 11.1 Å². The van der Waals surface area contributed by atoms with E-state index in [9.17, 15) is 4.79 Å². The lowest BCUT2D eigenvalue weighted by Crippen LogP contribution is -2.34. The number of nitrogens with one attached hydrogen (secondary N) is 1. The number of hydrogen-bond acceptors (Lipinski definition) is 3. The van der Waals surface area contributed by atoms with Crippen molar-refractivity contribution in [3.8, 4) is 5.88 Å². The topological polar surface area (TPSA) is 54.5 Å². The molecule has 1 saturated heterocycles. The molecule has 0 unspecified atom stereocenters. The summed E-state index contributed by atoms with van der Waals surface area (Å²) in [6, 6.07) is 9.55. The van der Waals surface area contributed by atoms with Crippen molar-refractivity contribution in [3.05, 3.63) is 52.1 Å². The van der Waals surface area contributed by atoms with Crippen molar-refractivity contribution in [2.75, 3.05) is 18.4 Å². The third-order valence-corrected chi connectivity index (χ3v) is 4.65. The fraction of sp³-hybridized carbons (Fsp3) is 0.333. The smallest absolute Gasteiger partial charge is 0.321 e. The molecule has 2 heterocycles. The fourth-order valence-corrected chi connectivity index (χ4v) is 2.87. The minimum atomic E-state index is -0.0897. The highest BCUT2D eigenvalue weighted by Crippen LogP contribution is 2.20. The Hall–Kier alpha value is -2.08. The molecule has 3 rings (SSSR count). The summed E-state index contributed by atoms with van der Waals surface area (Å²) in [5.41, 5.74) is 3.20. The minimum Gasteiger partial charge on any atom is -0.472 e. The molecule has 126 valence electrons. The Morgan fingerprint density at radius 2 is 2.12 bits per heavy atom. The second kappa shape index (κ2) is 7.21. The molecule has 6 heteroatoms. The molecule has 1 aromatic heterocycles. The summed E-state index contributed by atoms with van der Waals surface area (Å²) < 4.78 is 6.75. The molecule has 0 bridgehead atoms. The van der Waals surface area contributed by atoms with Crippen LogP contribution < -0.4 is 10.1 Å². The lowest BCUT2D eigenvalue weighted by molar-refractivity contribution is 0.190. The first-order valence-electron chi connectivity index (χ1n) is 7.92. The zero-order chi connectivity index (χ0) is 17.1. The predicted molar refractivity (Wildman–Crippen MR) is 97.5 cm³/mol. The summed E-state index contributed by atoms with van der Waals surface area (Å²) in [4.78, 5) is 18.4. The summed E-state index contributed by atoms with van der Waals surface area (Å²) in [6.07, 6.45) is 2.48. The lowest BCUT2D eigenvalue weighted by atomic mass is 10.1. The van der Waals surface area contributed by atoms with Crippen molar-refractivity contribution in [3.63, 3.8) is 0 Å². The average Bonchev–Trinajstić information content (AvgIpc) is 3.02. The molecule has 2 aromatic rings. The van der Waals surface area contributed by atoms with E-state index < -0.39 is 0 Å². The molecule has 0 saturated carbocycles. The van der Waals surface area contributed by atoms with E-state index in [0.29, 0.717) is 19.0 Å². The number of benzene rings is 1. The number of halogens is 1. The molecule has 1 N–H and O–H groups in total. The SMILES string of the molecule is Cc1ccc(NC(=O)N2CC[C@@H](Oc3ccc(Br)cn3)C2)cc1C. The summed E-state index contributed by atoms with van der Waals surface area (Å²) in [5, 5.41) is 2.95. The number of likely N-dealkylation sites (tertiary alicyclic amines) is 1. The number of rotatable bonds is 3. The Kier molecular flexibility index (Phi) is 5.04. The van der Waals surface area contributed by atoms with Gasteiger partial charge >= 0.3 is 6.03 Å². The highest BCUT2D eigenvalue weighted by Gasteiger charge is 2.28. The largest absolute Gasteiger partial charge is 0.472 e. The van der Waals surface area contributed by atoms with Gasteiger partial charge in [0.2, 0.25) is 5.88 Å². The van der Waals surface area contributed by atoms with E-state index in [1.165, 1.54) is 5.56 Å². The van der Waals surface area contributed by atoms with Gasteiger partial charge in [-0.3, -0.25) is 0 Å². The van der Waals surface area contributed by atoms with Gasteiger partial charge in [0.25, 0.3) is 0 Å². The fourth-order valence-electron chi connectivity index (χ4n) is 2.63. The van der Waals surface area contributed by atoms with E-state index >= 15 is 0 Å². The van der Waals surface area contributed by atoms with Crippen LogP contribution in [0.4, 0.5) is 10.5 Å². The van der Waals surface area contributed by atoms with Crippen molar-refractivity contribution in [1.29, 1.82) is 0 Å². The molecule has 0 spiro atoms. The normalized spacial score (nSPS) is 17.0. The lowest BCUT2D eigenvalue weighted by Gasteiger charge is -2.18. The van der Waals surface area contributed by atoms with Gasteiger partial charge in [-0.2, -0.15) is 0 Å². The van der Waals surface area contributed by atoms with Crippen LogP contribution >= 0.6 is 15.9 Å². The maximum Gasteiger partial charge on any atom is 0.321 e. The highest BCUT2D eigenvalue weighted by molar-refractivity contribution is 9.10. The van der Waals surface area contributed by atoms with Crippen LogP contribution in [0.5, 0.6) is 5.88 Å². The van der Waals surface area contributed by atoms with E-state index in [-0.39, 0.29) is 12.1 Å². The Labute approximate surface area is 150 Å². The number of hydrogen-bond donors (Lipinski definition) is 1.